The molecule has 5 N–H and O–H groups in total. The van der Waals surface area contributed by atoms with Gasteiger partial charge in [0.1, 0.15) is 6.04 Å². The number of amides is 3. The van der Waals surface area contributed by atoms with E-state index in [4.69, 9.17) is 10.8 Å². The lowest BCUT2D eigenvalue weighted by Gasteiger charge is -2.35. The molecule has 1 aliphatic heterocycles. The molecule has 0 spiro atoms. The molecule has 34 heavy (non-hydrogen) atoms. The van der Waals surface area contributed by atoms with Crippen molar-refractivity contribution < 1.29 is 24.3 Å². The first kappa shape index (κ1) is 34.2. The summed E-state index contributed by atoms with van der Waals surface area (Å²) in [5.74, 6) is -1.98. The van der Waals surface area contributed by atoms with Crippen LogP contribution in [0.4, 0.5) is 0 Å². The minimum Gasteiger partial charge on any atom is -0.400 e. The zero-order valence-corrected chi connectivity index (χ0v) is 22.9. The first-order valence-electron chi connectivity index (χ1n) is 12.6. The molecule has 200 valence electrons. The summed E-state index contributed by atoms with van der Waals surface area (Å²) in [6.07, 6.45) is 4.76. The van der Waals surface area contributed by atoms with E-state index in [1.54, 1.807) is 11.9 Å². The first-order valence-corrected chi connectivity index (χ1v) is 12.6. The van der Waals surface area contributed by atoms with E-state index in [9.17, 15) is 19.2 Å². The minimum absolute atomic E-state index is 0.121. The lowest BCUT2D eigenvalue weighted by atomic mass is 9.80. The van der Waals surface area contributed by atoms with E-state index in [0.717, 1.165) is 32.8 Å². The molecule has 0 aromatic heterocycles. The van der Waals surface area contributed by atoms with Gasteiger partial charge in [0.25, 0.3) is 5.91 Å². The van der Waals surface area contributed by atoms with Gasteiger partial charge in [-0.05, 0) is 37.6 Å². The molecule has 3 unspecified atom stereocenters. The van der Waals surface area contributed by atoms with Gasteiger partial charge in [-0.25, -0.2) is 0 Å². The highest BCUT2D eigenvalue weighted by atomic mass is 16.2. The van der Waals surface area contributed by atoms with Gasteiger partial charge in [-0.3, -0.25) is 19.2 Å². The molecule has 9 heteroatoms. The summed E-state index contributed by atoms with van der Waals surface area (Å²) in [4.78, 5) is 51.1. The molecular weight excluding hydrogens is 436 g/mol. The zero-order valence-electron chi connectivity index (χ0n) is 22.9. The van der Waals surface area contributed by atoms with Crippen LogP contribution in [0.5, 0.6) is 0 Å². The third kappa shape index (κ3) is 10.1. The second kappa shape index (κ2) is 17.4. The van der Waals surface area contributed by atoms with Gasteiger partial charge in [-0.2, -0.15) is 0 Å². The molecule has 3 atom stereocenters. The summed E-state index contributed by atoms with van der Waals surface area (Å²) in [7, 11) is 2.74. The van der Waals surface area contributed by atoms with Crippen LogP contribution in [-0.2, 0) is 19.2 Å². The van der Waals surface area contributed by atoms with E-state index in [-0.39, 0.29) is 17.2 Å². The number of carbonyl (C=O) groups is 4. The molecule has 1 saturated heterocycles. The van der Waals surface area contributed by atoms with Crippen LogP contribution in [0.25, 0.3) is 0 Å². The molecule has 1 aliphatic carbocycles. The number of hydrogen-bond acceptors (Lipinski definition) is 6. The summed E-state index contributed by atoms with van der Waals surface area (Å²) in [6.45, 7) is 14.4. The molecule has 0 aromatic rings. The van der Waals surface area contributed by atoms with Gasteiger partial charge in [-0.15, -0.1) is 0 Å². The topological polar surface area (TPSA) is 142 Å². The quantitative estimate of drug-likeness (QED) is 0.387. The summed E-state index contributed by atoms with van der Waals surface area (Å²) in [5.41, 5.74) is 4.87. The Bertz CT molecular complexity index is 629. The molecule has 2 rings (SSSR count). The molecule has 0 bridgehead atoms. The van der Waals surface area contributed by atoms with Crippen molar-refractivity contribution in [1.29, 1.82) is 0 Å². The molecule has 0 radical (unpaired) electrons. The number of aliphatic hydroxyl groups excluding tert-OH is 1. The van der Waals surface area contributed by atoms with Crippen molar-refractivity contribution in [2.24, 2.45) is 17.1 Å². The van der Waals surface area contributed by atoms with Crippen LogP contribution in [0.1, 0.15) is 87.0 Å². The maximum absolute atomic E-state index is 13.0. The number of carbonyl (C=O) groups excluding carboxylic acids is 4. The largest absolute Gasteiger partial charge is 0.400 e. The van der Waals surface area contributed by atoms with Crippen LogP contribution in [0.2, 0.25) is 0 Å². The standard InChI is InChI=1S/C20H34N4O4.2C2H6.CH4O/c1-20(2,3)16(22-4)19(28)24-10-6-9-14(24)18(27)23-13(15(25)17(21)26)11-12-7-5-8-12;3*1-2/h12-14,16,22H,5-11H2,1-4H3,(H2,21,26)(H,23,27);2*1-2H3;2H,1H3. The fraction of sp³-hybridized carbons (Fsp3) is 0.840. The predicted octanol–water partition coefficient (Wildman–Crippen LogP) is 2.00. The summed E-state index contributed by atoms with van der Waals surface area (Å²) in [5, 5.41) is 12.8. The minimum atomic E-state index is -1.04. The predicted molar refractivity (Wildman–Crippen MR) is 136 cm³/mol. The Morgan fingerprint density at radius 2 is 1.53 bits per heavy atom. The molecule has 1 heterocycles. The van der Waals surface area contributed by atoms with Crippen molar-refractivity contribution in [3.05, 3.63) is 0 Å². The Morgan fingerprint density at radius 3 is 1.91 bits per heavy atom. The van der Waals surface area contributed by atoms with E-state index in [2.05, 4.69) is 10.6 Å². The number of hydrogen-bond donors (Lipinski definition) is 4. The van der Waals surface area contributed by atoms with Crippen molar-refractivity contribution in [3.63, 3.8) is 0 Å². The number of ketones is 1. The summed E-state index contributed by atoms with van der Waals surface area (Å²) in [6, 6.07) is -1.95. The highest BCUT2D eigenvalue weighted by Crippen LogP contribution is 2.31. The maximum Gasteiger partial charge on any atom is 0.287 e. The van der Waals surface area contributed by atoms with Crippen LogP contribution in [0, 0.1) is 11.3 Å². The van der Waals surface area contributed by atoms with E-state index < -0.39 is 29.8 Å². The Kier molecular flexibility index (Phi) is 17.5. The smallest absolute Gasteiger partial charge is 0.287 e. The number of nitrogens with zero attached hydrogens (tertiary/aromatic N) is 1. The number of likely N-dealkylation sites (tertiary alicyclic amines) is 1. The van der Waals surface area contributed by atoms with Crippen molar-refractivity contribution >= 4 is 23.5 Å². The molecular formula is C25H50N4O5. The normalized spacial score (nSPS) is 18.9. The zero-order chi connectivity index (χ0) is 27.1. The second-order valence-corrected chi connectivity index (χ2v) is 9.10. The van der Waals surface area contributed by atoms with Crippen LogP contribution in [-0.4, -0.2) is 72.3 Å². The maximum atomic E-state index is 13.0. The third-order valence-electron chi connectivity index (χ3n) is 5.91. The SMILES string of the molecule is CC.CC.CNC(C(=O)N1CCCC1C(=O)NC(CC1CCC1)C(=O)C(N)=O)C(C)(C)C.CO. The number of primary amides is 1. The lowest BCUT2D eigenvalue weighted by Crippen LogP contribution is -2.57. The summed E-state index contributed by atoms with van der Waals surface area (Å²) >= 11 is 0. The lowest BCUT2D eigenvalue weighted by molar-refractivity contribution is -0.143. The monoisotopic (exact) mass is 486 g/mol. The van der Waals surface area contributed by atoms with E-state index >= 15 is 0 Å². The van der Waals surface area contributed by atoms with Crippen molar-refractivity contribution in [3.8, 4) is 0 Å². The fourth-order valence-electron chi connectivity index (χ4n) is 4.13. The molecule has 0 aromatic carbocycles. The second-order valence-electron chi connectivity index (χ2n) is 9.10. The van der Waals surface area contributed by atoms with Crippen LogP contribution in [0.3, 0.4) is 0 Å². The molecule has 1 saturated carbocycles. The van der Waals surface area contributed by atoms with Gasteiger partial charge < -0.3 is 26.4 Å². The van der Waals surface area contributed by atoms with Crippen molar-refractivity contribution in [2.45, 2.75) is 105 Å². The first-order chi connectivity index (χ1) is 16.1. The molecule has 3 amide bonds. The molecule has 2 fully saturated rings. The Balaban J connectivity index is 0. The third-order valence-corrected chi connectivity index (χ3v) is 5.91. The Labute approximate surface area is 206 Å². The van der Waals surface area contributed by atoms with Gasteiger partial charge in [0.15, 0.2) is 0 Å². The van der Waals surface area contributed by atoms with E-state index in [0.29, 0.717) is 25.3 Å². The highest BCUT2D eigenvalue weighted by Gasteiger charge is 2.41. The number of aliphatic hydroxyl groups is 1. The van der Waals surface area contributed by atoms with E-state index in [1.807, 2.05) is 48.5 Å². The molecule has 9 nitrogen and oxygen atoms in total. The number of nitrogens with one attached hydrogen (secondary N) is 2. The average molecular weight is 487 g/mol. The van der Waals surface area contributed by atoms with Gasteiger partial charge in [-0.1, -0.05) is 67.7 Å². The number of nitrogens with two attached hydrogens (primary N) is 1. The van der Waals surface area contributed by atoms with Gasteiger partial charge in [0, 0.05) is 13.7 Å². The van der Waals surface area contributed by atoms with Crippen LogP contribution < -0.4 is 16.4 Å². The number of rotatable bonds is 8. The Hall–Kier alpha value is -2.00. The van der Waals surface area contributed by atoms with Crippen LogP contribution in [0.15, 0.2) is 0 Å². The van der Waals surface area contributed by atoms with Crippen LogP contribution >= 0.6 is 0 Å². The summed E-state index contributed by atoms with van der Waals surface area (Å²) < 4.78 is 0. The highest BCUT2D eigenvalue weighted by molar-refractivity contribution is 6.37. The Morgan fingerprint density at radius 1 is 1.00 bits per heavy atom. The fourth-order valence-corrected chi connectivity index (χ4v) is 4.13. The van der Waals surface area contributed by atoms with E-state index in [1.165, 1.54) is 0 Å². The van der Waals surface area contributed by atoms with Gasteiger partial charge in [0.2, 0.25) is 17.6 Å². The van der Waals surface area contributed by atoms with Gasteiger partial charge in [0.05, 0.1) is 12.1 Å². The van der Waals surface area contributed by atoms with Crippen molar-refractivity contribution in [1.82, 2.24) is 15.5 Å². The van der Waals surface area contributed by atoms with Gasteiger partial charge >= 0.3 is 0 Å². The molecule has 2 aliphatic rings. The number of Topliss-reactive ketones (excluding diaryl/α,β-unsaturated/α-hetero) is 1. The van der Waals surface area contributed by atoms with Crippen molar-refractivity contribution in [2.75, 3.05) is 20.7 Å². The number of likely N-dealkylation sites (N-methyl/N-ethyl adjacent to an activating group) is 1. The average Bonchev–Trinajstić information content (AvgIpc) is 3.28.